The number of halogens is 1. The molecule has 1 atom stereocenters. The van der Waals surface area contributed by atoms with Crippen molar-refractivity contribution in [2.24, 2.45) is 0 Å². The highest BCUT2D eigenvalue weighted by molar-refractivity contribution is 7.98. The molecule has 0 aliphatic heterocycles. The highest BCUT2D eigenvalue weighted by atomic mass is 35.5. The maximum absolute atomic E-state index is 5.73. The minimum absolute atomic E-state index is 0.131. The molecule has 1 N–H and O–H groups in total. The number of anilines is 1. The van der Waals surface area contributed by atoms with Gasteiger partial charge in [-0.05, 0) is 37.0 Å². The van der Waals surface area contributed by atoms with Crippen LogP contribution in [0.1, 0.15) is 13.3 Å². The predicted molar refractivity (Wildman–Crippen MR) is 67.5 cm³/mol. The molecular weight excluding hydrogens is 248 g/mol. The number of thioether (sulfide) groups is 1. The Hall–Kier alpha value is -0.750. The molecule has 0 amide bonds. The summed E-state index contributed by atoms with van der Waals surface area (Å²) in [5.74, 6) is 1.54. The van der Waals surface area contributed by atoms with Crippen molar-refractivity contribution in [1.29, 1.82) is 0 Å². The van der Waals surface area contributed by atoms with Crippen molar-refractivity contribution in [1.82, 2.24) is 15.0 Å². The molecule has 0 fully saturated rings. The Balaban J connectivity index is 2.61. The molecule has 0 spiro atoms. The maximum Gasteiger partial charge on any atom is 0.322 e. The van der Waals surface area contributed by atoms with E-state index < -0.39 is 0 Å². The van der Waals surface area contributed by atoms with Crippen LogP contribution in [0.4, 0.5) is 5.95 Å². The van der Waals surface area contributed by atoms with E-state index in [1.54, 1.807) is 0 Å². The minimum Gasteiger partial charge on any atom is -0.467 e. The van der Waals surface area contributed by atoms with Crippen molar-refractivity contribution >= 4 is 29.3 Å². The smallest absolute Gasteiger partial charge is 0.322 e. The van der Waals surface area contributed by atoms with Crippen LogP contribution in [0.15, 0.2) is 0 Å². The Labute approximate surface area is 104 Å². The van der Waals surface area contributed by atoms with E-state index in [4.69, 9.17) is 16.3 Å². The molecule has 1 aromatic heterocycles. The SMILES string of the molecule is COc1nc(Cl)nc(NC(C)CCSC)n1. The first-order valence-corrected chi connectivity index (χ1v) is 6.64. The fourth-order valence-electron chi connectivity index (χ4n) is 1.07. The summed E-state index contributed by atoms with van der Waals surface area (Å²) in [7, 11) is 1.49. The van der Waals surface area contributed by atoms with Gasteiger partial charge in [0.25, 0.3) is 0 Å². The van der Waals surface area contributed by atoms with E-state index in [2.05, 4.69) is 33.4 Å². The van der Waals surface area contributed by atoms with Gasteiger partial charge in [-0.1, -0.05) is 0 Å². The van der Waals surface area contributed by atoms with Crippen LogP contribution in [0.5, 0.6) is 6.01 Å². The van der Waals surface area contributed by atoms with Gasteiger partial charge in [0, 0.05) is 6.04 Å². The molecule has 0 aliphatic carbocycles. The number of nitrogens with zero attached hydrogens (tertiary/aromatic N) is 3. The third-order valence-corrected chi connectivity index (χ3v) is 2.71. The van der Waals surface area contributed by atoms with Crippen molar-refractivity contribution in [3.8, 4) is 6.01 Å². The van der Waals surface area contributed by atoms with E-state index >= 15 is 0 Å². The second-order valence-corrected chi connectivity index (χ2v) is 4.57. The average molecular weight is 263 g/mol. The predicted octanol–water partition coefficient (Wildman–Crippen LogP) is 2.09. The van der Waals surface area contributed by atoms with Gasteiger partial charge in [0.15, 0.2) is 0 Å². The van der Waals surface area contributed by atoms with Crippen LogP contribution >= 0.6 is 23.4 Å². The molecule has 0 saturated heterocycles. The molecule has 90 valence electrons. The van der Waals surface area contributed by atoms with Gasteiger partial charge in [0.1, 0.15) is 0 Å². The van der Waals surface area contributed by atoms with Crippen LogP contribution in [0.2, 0.25) is 5.28 Å². The summed E-state index contributed by atoms with van der Waals surface area (Å²) in [5.41, 5.74) is 0. The number of ether oxygens (including phenoxy) is 1. The van der Waals surface area contributed by atoms with E-state index in [-0.39, 0.29) is 17.3 Å². The van der Waals surface area contributed by atoms with Crippen LogP contribution in [0.25, 0.3) is 0 Å². The first-order chi connectivity index (χ1) is 7.65. The molecule has 16 heavy (non-hydrogen) atoms. The van der Waals surface area contributed by atoms with Gasteiger partial charge in [0.05, 0.1) is 7.11 Å². The normalized spacial score (nSPS) is 12.2. The lowest BCUT2D eigenvalue weighted by Crippen LogP contribution is -2.18. The molecule has 7 heteroatoms. The number of aromatic nitrogens is 3. The van der Waals surface area contributed by atoms with Crippen molar-refractivity contribution in [3.05, 3.63) is 5.28 Å². The third kappa shape index (κ3) is 4.40. The number of hydrogen-bond acceptors (Lipinski definition) is 6. The molecule has 0 aliphatic rings. The van der Waals surface area contributed by atoms with Gasteiger partial charge in [0.2, 0.25) is 11.2 Å². The van der Waals surface area contributed by atoms with Crippen molar-refractivity contribution in [2.75, 3.05) is 24.4 Å². The number of hydrogen-bond donors (Lipinski definition) is 1. The van der Waals surface area contributed by atoms with Crippen LogP contribution < -0.4 is 10.1 Å². The second-order valence-electron chi connectivity index (χ2n) is 3.24. The number of methoxy groups -OCH3 is 1. The lowest BCUT2D eigenvalue weighted by atomic mass is 10.3. The van der Waals surface area contributed by atoms with Gasteiger partial charge < -0.3 is 10.1 Å². The monoisotopic (exact) mass is 262 g/mol. The fraction of sp³-hybridized carbons (Fsp3) is 0.667. The molecule has 0 aromatic carbocycles. The molecular formula is C9H15ClN4OS. The quantitative estimate of drug-likeness (QED) is 0.847. The Morgan fingerprint density at radius 2 is 2.19 bits per heavy atom. The molecule has 0 radical (unpaired) electrons. The van der Waals surface area contributed by atoms with Crippen LogP contribution in [-0.4, -0.2) is 40.1 Å². The van der Waals surface area contributed by atoms with Crippen LogP contribution in [0, 0.1) is 0 Å². The van der Waals surface area contributed by atoms with Crippen LogP contribution in [-0.2, 0) is 0 Å². The van der Waals surface area contributed by atoms with Crippen molar-refractivity contribution < 1.29 is 4.74 Å². The van der Waals surface area contributed by atoms with Gasteiger partial charge in [-0.3, -0.25) is 0 Å². The standard InChI is InChI=1S/C9H15ClN4OS/c1-6(4-5-16-3)11-8-12-7(10)13-9(14-8)15-2/h6H,4-5H2,1-3H3,(H,11,12,13,14). The van der Waals surface area contributed by atoms with E-state index in [0.717, 1.165) is 12.2 Å². The van der Waals surface area contributed by atoms with Crippen molar-refractivity contribution in [3.63, 3.8) is 0 Å². The van der Waals surface area contributed by atoms with E-state index in [1.807, 2.05) is 11.8 Å². The summed E-state index contributed by atoms with van der Waals surface area (Å²) in [4.78, 5) is 11.8. The summed E-state index contributed by atoms with van der Waals surface area (Å²) in [6.07, 6.45) is 3.11. The zero-order valence-electron chi connectivity index (χ0n) is 9.53. The molecule has 0 bridgehead atoms. The molecule has 1 rings (SSSR count). The first kappa shape index (κ1) is 13.3. The summed E-state index contributed by atoms with van der Waals surface area (Å²) < 4.78 is 4.91. The summed E-state index contributed by atoms with van der Waals surface area (Å²) in [5, 5.41) is 3.28. The Kier molecular flexibility index (Phi) is 5.62. The Morgan fingerprint density at radius 3 is 2.81 bits per heavy atom. The molecule has 1 heterocycles. The van der Waals surface area contributed by atoms with E-state index in [9.17, 15) is 0 Å². The topological polar surface area (TPSA) is 59.9 Å². The lowest BCUT2D eigenvalue weighted by molar-refractivity contribution is 0.378. The second kappa shape index (κ2) is 6.75. The summed E-state index contributed by atoms with van der Waals surface area (Å²) in [6.45, 7) is 2.07. The number of rotatable bonds is 6. The largest absolute Gasteiger partial charge is 0.467 e. The van der Waals surface area contributed by atoms with E-state index in [1.165, 1.54) is 7.11 Å². The molecule has 1 unspecified atom stereocenters. The van der Waals surface area contributed by atoms with Gasteiger partial charge in [-0.2, -0.15) is 26.7 Å². The Morgan fingerprint density at radius 1 is 1.44 bits per heavy atom. The highest BCUT2D eigenvalue weighted by Gasteiger charge is 2.07. The molecule has 1 aromatic rings. The lowest BCUT2D eigenvalue weighted by Gasteiger charge is -2.13. The zero-order chi connectivity index (χ0) is 12.0. The molecule has 0 saturated carbocycles. The van der Waals surface area contributed by atoms with E-state index in [0.29, 0.717) is 5.95 Å². The van der Waals surface area contributed by atoms with Gasteiger partial charge in [-0.15, -0.1) is 0 Å². The number of nitrogens with one attached hydrogen (secondary N) is 1. The average Bonchev–Trinajstić information content (AvgIpc) is 2.25. The molecule has 5 nitrogen and oxygen atoms in total. The minimum atomic E-state index is 0.131. The fourth-order valence-corrected chi connectivity index (χ4v) is 1.82. The summed E-state index contributed by atoms with van der Waals surface area (Å²) in [6, 6.07) is 0.509. The highest BCUT2D eigenvalue weighted by Crippen LogP contribution is 2.12. The zero-order valence-corrected chi connectivity index (χ0v) is 11.1. The van der Waals surface area contributed by atoms with Gasteiger partial charge >= 0.3 is 6.01 Å². The van der Waals surface area contributed by atoms with Gasteiger partial charge in [-0.25, -0.2) is 0 Å². The van der Waals surface area contributed by atoms with Crippen molar-refractivity contribution in [2.45, 2.75) is 19.4 Å². The van der Waals surface area contributed by atoms with Crippen LogP contribution in [0.3, 0.4) is 0 Å². The summed E-state index contributed by atoms with van der Waals surface area (Å²) >= 11 is 7.54. The first-order valence-electron chi connectivity index (χ1n) is 4.86. The Bertz CT molecular complexity index is 339. The third-order valence-electron chi connectivity index (χ3n) is 1.90. The maximum atomic E-state index is 5.73.